The fourth-order valence-corrected chi connectivity index (χ4v) is 9.99. The highest BCUT2D eigenvalue weighted by molar-refractivity contribution is 7.23. The first kappa shape index (κ1) is 38.6. The molecule has 300 valence electrons. The number of hydrogen-bond acceptors (Lipinski definition) is 11. The molecule has 4 fully saturated rings. The van der Waals surface area contributed by atoms with Gasteiger partial charge in [0.15, 0.2) is 5.82 Å². The number of aliphatic imine (C=N–C) groups is 1. The monoisotopic (exact) mass is 805 g/mol. The molecule has 1 aromatic heterocycles. The van der Waals surface area contributed by atoms with Crippen LogP contribution in [0.1, 0.15) is 62.6 Å². The number of thiophene rings is 1. The SMILES string of the molecule is CCN(C1=NC(C)(OC[C@@]23CCCN2C[C@H](F)C3)Nc2c1cc(C(F)(F)F)c(-c1ccc(F)c3sc(N)c(C#N)c13)c2F)[C@H]1CCN(C(=O)O[C@@H]2CCOC2)C1. The van der Waals surface area contributed by atoms with Crippen molar-refractivity contribution in [3.05, 3.63) is 46.5 Å². The van der Waals surface area contributed by atoms with Gasteiger partial charge >= 0.3 is 12.3 Å². The number of nitriles is 1. The number of amides is 1. The summed E-state index contributed by atoms with van der Waals surface area (Å²) in [5.74, 6) is -3.90. The third-order valence-electron chi connectivity index (χ3n) is 11.7. The Morgan fingerprint density at radius 2 is 2.04 bits per heavy atom. The molecule has 0 aliphatic carbocycles. The van der Waals surface area contributed by atoms with Crippen LogP contribution < -0.4 is 11.1 Å². The van der Waals surface area contributed by atoms with E-state index >= 15 is 22.0 Å². The second-order valence-corrected chi connectivity index (χ2v) is 16.3. The van der Waals surface area contributed by atoms with Gasteiger partial charge in [0.25, 0.3) is 0 Å². The van der Waals surface area contributed by atoms with Gasteiger partial charge in [0.05, 0.1) is 41.3 Å². The molecule has 56 heavy (non-hydrogen) atoms. The molecule has 11 nitrogen and oxygen atoms in total. The number of likely N-dealkylation sites (N-methyl/N-ethyl adjacent to an activating group) is 1. The lowest BCUT2D eigenvalue weighted by Gasteiger charge is -2.42. The molecule has 0 radical (unpaired) electrons. The Morgan fingerprint density at radius 1 is 1.23 bits per heavy atom. The molecule has 3 aromatic rings. The maximum atomic E-state index is 17.5. The van der Waals surface area contributed by atoms with Crippen molar-refractivity contribution in [2.24, 2.45) is 4.99 Å². The number of carbonyl (C=O) groups excluding carboxylic acids is 1. The second-order valence-electron chi connectivity index (χ2n) is 15.2. The number of amidine groups is 1. The Balaban J connectivity index is 1.25. The summed E-state index contributed by atoms with van der Waals surface area (Å²) in [4.78, 5) is 23.3. The Labute approximate surface area is 322 Å². The molecule has 3 N–H and O–H groups in total. The smallest absolute Gasteiger partial charge is 0.417 e. The van der Waals surface area contributed by atoms with Crippen molar-refractivity contribution >= 4 is 44.0 Å². The number of alkyl halides is 4. The zero-order valence-electron chi connectivity index (χ0n) is 30.8. The van der Waals surface area contributed by atoms with Gasteiger partial charge in [-0.25, -0.2) is 23.0 Å². The average molecular weight is 806 g/mol. The lowest BCUT2D eigenvalue weighted by atomic mass is 9.90. The molecular weight excluding hydrogens is 765 g/mol. The Bertz CT molecular complexity index is 2140. The van der Waals surface area contributed by atoms with Gasteiger partial charge in [0.1, 0.15) is 35.0 Å². The number of halogens is 6. The summed E-state index contributed by atoms with van der Waals surface area (Å²) in [6.07, 6.45) is -4.38. The van der Waals surface area contributed by atoms with Crippen molar-refractivity contribution in [3.63, 3.8) is 0 Å². The Kier molecular flexibility index (Phi) is 9.82. The van der Waals surface area contributed by atoms with Crippen LogP contribution in [-0.4, -0.2) is 109 Å². The molecular formula is C38H41F6N7O4S. The van der Waals surface area contributed by atoms with Crippen LogP contribution in [0.4, 0.5) is 41.8 Å². The summed E-state index contributed by atoms with van der Waals surface area (Å²) in [6, 6.07) is 4.14. The van der Waals surface area contributed by atoms with E-state index in [4.69, 9.17) is 24.9 Å². The molecule has 5 aliphatic heterocycles. The summed E-state index contributed by atoms with van der Waals surface area (Å²) < 4.78 is 110. The standard InChI is InChI=1S/C38H41F6N7O4S/c1-3-51(21-7-11-49(17-21)35(52)55-22-8-12-53-18-22)34-24-13-26(38(42,43)44)29(23-5-6-27(40)32-28(23)25(15-45)33(46)56-32)30(41)31(24)47-36(2,48-34)54-19-37-9-4-10-50(37)16-20(39)14-37/h5-6,13,20-22,47H,3-4,7-12,14,16-19,46H2,1-2H3/t20-,21+,22-,36?,37+/m1/s1. The molecule has 18 heteroatoms. The summed E-state index contributed by atoms with van der Waals surface area (Å²) in [6.45, 7) is 5.71. The summed E-state index contributed by atoms with van der Waals surface area (Å²) in [5.41, 5.74) is 1.91. The van der Waals surface area contributed by atoms with Crippen molar-refractivity contribution in [3.8, 4) is 17.2 Å². The van der Waals surface area contributed by atoms with Crippen LogP contribution in [0, 0.1) is 23.0 Å². The minimum atomic E-state index is -5.13. The summed E-state index contributed by atoms with van der Waals surface area (Å²) >= 11 is 0.686. The van der Waals surface area contributed by atoms with E-state index in [2.05, 4.69) is 5.32 Å². The largest absolute Gasteiger partial charge is 0.444 e. The van der Waals surface area contributed by atoms with Gasteiger partial charge < -0.3 is 35.1 Å². The number of anilines is 2. The first-order valence-corrected chi connectivity index (χ1v) is 19.5. The number of likely N-dealkylation sites (tertiary alicyclic amines) is 1. The summed E-state index contributed by atoms with van der Waals surface area (Å²) in [5, 5.41) is 12.5. The second kappa shape index (κ2) is 14.3. The molecule has 8 rings (SSSR count). The van der Waals surface area contributed by atoms with Crippen molar-refractivity contribution in [1.29, 1.82) is 5.26 Å². The van der Waals surface area contributed by atoms with E-state index in [0.29, 0.717) is 56.9 Å². The number of rotatable bonds is 7. The lowest BCUT2D eigenvalue weighted by molar-refractivity contribution is -0.137. The van der Waals surface area contributed by atoms with Crippen LogP contribution in [-0.2, 0) is 20.4 Å². The maximum Gasteiger partial charge on any atom is 0.417 e. The average Bonchev–Trinajstić information content (AvgIpc) is 3.98. The molecule has 5 aliphatic rings. The zero-order chi connectivity index (χ0) is 39.7. The highest BCUT2D eigenvalue weighted by Crippen LogP contribution is 2.50. The third kappa shape index (κ3) is 6.59. The van der Waals surface area contributed by atoms with Crippen LogP contribution in [0.15, 0.2) is 23.2 Å². The number of nitrogens with one attached hydrogen (secondary N) is 1. The molecule has 0 spiro atoms. The van der Waals surface area contributed by atoms with Crippen LogP contribution >= 0.6 is 11.3 Å². The van der Waals surface area contributed by atoms with E-state index < -0.39 is 58.6 Å². The van der Waals surface area contributed by atoms with Gasteiger partial charge in [0, 0.05) is 74.0 Å². The number of ether oxygens (including phenoxy) is 3. The number of hydrogen-bond donors (Lipinski definition) is 2. The first-order chi connectivity index (χ1) is 26.6. The normalized spacial score (nSPS) is 27.6. The predicted molar refractivity (Wildman–Crippen MR) is 197 cm³/mol. The molecule has 4 saturated heterocycles. The minimum absolute atomic E-state index is 0.00132. The number of carbonyl (C=O) groups is 1. The molecule has 0 saturated carbocycles. The van der Waals surface area contributed by atoms with Crippen molar-refractivity contribution < 1.29 is 45.3 Å². The van der Waals surface area contributed by atoms with Gasteiger partial charge in [0.2, 0.25) is 5.85 Å². The Morgan fingerprint density at radius 3 is 2.75 bits per heavy atom. The van der Waals surface area contributed by atoms with Crippen molar-refractivity contribution in [2.45, 2.75) is 81.8 Å². The summed E-state index contributed by atoms with van der Waals surface area (Å²) in [7, 11) is 0. The third-order valence-corrected chi connectivity index (χ3v) is 12.7. The van der Waals surface area contributed by atoms with Crippen LogP contribution in [0.3, 0.4) is 0 Å². The minimum Gasteiger partial charge on any atom is -0.444 e. The van der Waals surface area contributed by atoms with E-state index in [1.807, 2.05) is 11.0 Å². The van der Waals surface area contributed by atoms with Crippen LogP contribution in [0.5, 0.6) is 0 Å². The fourth-order valence-electron chi connectivity index (χ4n) is 9.04. The van der Waals surface area contributed by atoms with Crippen LogP contribution in [0.2, 0.25) is 0 Å². The predicted octanol–water partition coefficient (Wildman–Crippen LogP) is 7.08. The van der Waals surface area contributed by atoms with Crippen molar-refractivity contribution in [2.75, 3.05) is 63.6 Å². The van der Waals surface area contributed by atoms with Gasteiger partial charge in [-0.1, -0.05) is 6.07 Å². The van der Waals surface area contributed by atoms with Crippen molar-refractivity contribution in [1.82, 2.24) is 14.7 Å². The molecule has 0 bridgehead atoms. The quantitative estimate of drug-likeness (QED) is 0.241. The first-order valence-electron chi connectivity index (χ1n) is 18.7. The number of nitrogens with zero attached hydrogens (tertiary/aromatic N) is 5. The van der Waals surface area contributed by atoms with E-state index in [1.54, 1.807) is 11.8 Å². The molecule has 1 amide bonds. The number of fused-ring (bicyclic) bond motifs is 3. The zero-order valence-corrected chi connectivity index (χ0v) is 31.6. The highest BCUT2D eigenvalue weighted by Gasteiger charge is 2.51. The maximum absolute atomic E-state index is 17.5. The van der Waals surface area contributed by atoms with E-state index in [9.17, 15) is 14.4 Å². The van der Waals surface area contributed by atoms with Gasteiger partial charge in [-0.05, 0) is 50.4 Å². The molecule has 5 atom stereocenters. The van der Waals surface area contributed by atoms with E-state index in [1.165, 1.54) is 11.8 Å². The number of nitrogen functional groups attached to an aromatic ring is 1. The van der Waals surface area contributed by atoms with E-state index in [0.717, 1.165) is 24.6 Å². The fraction of sp³-hybridized carbons (Fsp3) is 0.553. The topological polar surface area (TPSA) is 129 Å². The molecule has 6 heterocycles. The Hall–Kier alpha value is -4.31. The van der Waals surface area contributed by atoms with Gasteiger partial charge in [-0.15, -0.1) is 11.3 Å². The molecule has 1 unspecified atom stereocenters. The number of benzene rings is 2. The van der Waals surface area contributed by atoms with Gasteiger partial charge in [-0.3, -0.25) is 4.90 Å². The number of nitrogens with two attached hydrogens (primary N) is 1. The van der Waals surface area contributed by atoms with Crippen LogP contribution in [0.25, 0.3) is 21.2 Å². The van der Waals surface area contributed by atoms with E-state index in [-0.39, 0.29) is 82.1 Å². The highest BCUT2D eigenvalue weighted by atomic mass is 32.1. The lowest BCUT2D eigenvalue weighted by Crippen LogP contribution is -2.52. The molecule has 2 aromatic carbocycles. The van der Waals surface area contributed by atoms with Gasteiger partial charge in [-0.2, -0.15) is 18.4 Å².